The second kappa shape index (κ2) is 6.41. The van der Waals surface area contributed by atoms with Gasteiger partial charge in [-0.05, 0) is 24.3 Å². The molecule has 0 unspecified atom stereocenters. The van der Waals surface area contributed by atoms with E-state index in [1.807, 2.05) is 18.2 Å². The van der Waals surface area contributed by atoms with Crippen molar-refractivity contribution in [2.24, 2.45) is 0 Å². The molecule has 0 bridgehead atoms. The smallest absolute Gasteiger partial charge is 0.251 e. The molecule has 0 saturated heterocycles. The van der Waals surface area contributed by atoms with E-state index in [0.717, 1.165) is 5.56 Å². The van der Waals surface area contributed by atoms with Gasteiger partial charge in [0.2, 0.25) is 11.7 Å². The number of carbonyl (C=O) groups is 1. The summed E-state index contributed by atoms with van der Waals surface area (Å²) in [5.41, 5.74) is 1.34. The molecule has 2 aromatic carbocycles. The number of benzene rings is 2. The van der Waals surface area contributed by atoms with Gasteiger partial charge in [-0.2, -0.15) is 4.98 Å². The summed E-state index contributed by atoms with van der Waals surface area (Å²) in [6.45, 7) is 0.168. The van der Waals surface area contributed by atoms with Crippen LogP contribution in [0.4, 0.5) is 0 Å². The number of hydrogen-bond donors (Lipinski definition) is 1. The molecule has 0 saturated carbocycles. The Kier molecular flexibility index (Phi) is 4.16. The molecule has 1 amide bonds. The summed E-state index contributed by atoms with van der Waals surface area (Å²) >= 11 is 5.93. The molecule has 0 fully saturated rings. The molecule has 3 aromatic rings. The Bertz CT molecular complexity index is 787. The molecule has 1 aromatic heterocycles. The van der Waals surface area contributed by atoms with Crippen molar-refractivity contribution in [1.29, 1.82) is 0 Å². The zero-order valence-electron chi connectivity index (χ0n) is 11.5. The zero-order chi connectivity index (χ0) is 15.4. The molecule has 1 N–H and O–H groups in total. The van der Waals surface area contributed by atoms with Gasteiger partial charge in [-0.15, -0.1) is 0 Å². The van der Waals surface area contributed by atoms with Gasteiger partial charge >= 0.3 is 0 Å². The van der Waals surface area contributed by atoms with Crippen molar-refractivity contribution in [2.75, 3.05) is 0 Å². The van der Waals surface area contributed by atoms with E-state index in [2.05, 4.69) is 15.5 Å². The highest BCUT2D eigenvalue weighted by Gasteiger charge is 2.11. The standard InChI is InChI=1S/C16H12ClN3O2/c17-13-8-4-7-12(9-13)15-19-14(22-20-15)10-18-16(21)11-5-2-1-3-6-11/h1-9H,10H2,(H,18,21). The monoisotopic (exact) mass is 313 g/mol. The molecule has 110 valence electrons. The highest BCUT2D eigenvalue weighted by Crippen LogP contribution is 2.19. The topological polar surface area (TPSA) is 68.0 Å². The molecule has 0 radical (unpaired) electrons. The van der Waals surface area contributed by atoms with Gasteiger partial charge in [-0.1, -0.05) is 47.1 Å². The first-order valence-electron chi connectivity index (χ1n) is 6.64. The minimum Gasteiger partial charge on any atom is -0.343 e. The van der Waals surface area contributed by atoms with Crippen LogP contribution in [0.25, 0.3) is 11.4 Å². The van der Waals surface area contributed by atoms with E-state index in [1.165, 1.54) is 0 Å². The summed E-state index contributed by atoms with van der Waals surface area (Å²) in [4.78, 5) is 16.2. The lowest BCUT2D eigenvalue weighted by Crippen LogP contribution is -2.22. The lowest BCUT2D eigenvalue weighted by atomic mass is 10.2. The van der Waals surface area contributed by atoms with Crippen molar-refractivity contribution in [3.63, 3.8) is 0 Å². The average molecular weight is 314 g/mol. The Morgan fingerprint density at radius 1 is 1.14 bits per heavy atom. The maximum Gasteiger partial charge on any atom is 0.251 e. The van der Waals surface area contributed by atoms with Crippen LogP contribution in [0.3, 0.4) is 0 Å². The predicted octanol–water partition coefficient (Wildman–Crippen LogP) is 3.32. The largest absolute Gasteiger partial charge is 0.343 e. The minimum atomic E-state index is -0.192. The van der Waals surface area contributed by atoms with E-state index in [9.17, 15) is 4.79 Å². The van der Waals surface area contributed by atoms with E-state index in [0.29, 0.717) is 22.3 Å². The Balaban J connectivity index is 1.66. The van der Waals surface area contributed by atoms with Crippen molar-refractivity contribution in [3.05, 3.63) is 71.1 Å². The normalized spacial score (nSPS) is 10.4. The molecule has 0 aliphatic carbocycles. The molecule has 6 heteroatoms. The molecule has 0 spiro atoms. The Hall–Kier alpha value is -2.66. The lowest BCUT2D eigenvalue weighted by molar-refractivity contribution is 0.0946. The number of rotatable bonds is 4. The van der Waals surface area contributed by atoms with Gasteiger partial charge in [0, 0.05) is 16.1 Å². The van der Waals surface area contributed by atoms with Crippen molar-refractivity contribution < 1.29 is 9.32 Å². The van der Waals surface area contributed by atoms with Crippen LogP contribution < -0.4 is 5.32 Å². The third kappa shape index (κ3) is 3.32. The quantitative estimate of drug-likeness (QED) is 0.802. The molecule has 22 heavy (non-hydrogen) atoms. The van der Waals surface area contributed by atoms with Gasteiger partial charge in [0.15, 0.2) is 0 Å². The second-order valence-corrected chi connectivity index (χ2v) is 5.01. The number of hydrogen-bond acceptors (Lipinski definition) is 4. The molecule has 0 aliphatic heterocycles. The number of aromatic nitrogens is 2. The average Bonchev–Trinajstić information content (AvgIpc) is 3.02. The first-order valence-corrected chi connectivity index (χ1v) is 7.02. The summed E-state index contributed by atoms with van der Waals surface area (Å²) < 4.78 is 5.13. The summed E-state index contributed by atoms with van der Waals surface area (Å²) in [6.07, 6.45) is 0. The van der Waals surface area contributed by atoms with Gasteiger partial charge in [-0.25, -0.2) is 0 Å². The predicted molar refractivity (Wildman–Crippen MR) is 82.4 cm³/mol. The van der Waals surface area contributed by atoms with Gasteiger partial charge in [0.1, 0.15) is 0 Å². The molecule has 1 heterocycles. The number of nitrogens with zero attached hydrogens (tertiary/aromatic N) is 2. The van der Waals surface area contributed by atoms with Gasteiger partial charge < -0.3 is 9.84 Å². The van der Waals surface area contributed by atoms with E-state index in [-0.39, 0.29) is 12.5 Å². The van der Waals surface area contributed by atoms with Crippen LogP contribution in [0, 0.1) is 0 Å². The van der Waals surface area contributed by atoms with E-state index in [1.54, 1.807) is 36.4 Å². The lowest BCUT2D eigenvalue weighted by Gasteiger charge is -2.01. The van der Waals surface area contributed by atoms with Crippen molar-refractivity contribution in [1.82, 2.24) is 15.5 Å². The maximum absolute atomic E-state index is 11.9. The van der Waals surface area contributed by atoms with Crippen molar-refractivity contribution >= 4 is 17.5 Å². The van der Waals surface area contributed by atoms with Crippen LogP contribution >= 0.6 is 11.6 Å². The first kappa shape index (κ1) is 14.3. The van der Waals surface area contributed by atoms with E-state index in [4.69, 9.17) is 16.1 Å². The maximum atomic E-state index is 11.9. The highest BCUT2D eigenvalue weighted by atomic mass is 35.5. The number of carbonyl (C=O) groups excluding carboxylic acids is 1. The Morgan fingerprint density at radius 3 is 2.73 bits per heavy atom. The second-order valence-electron chi connectivity index (χ2n) is 4.57. The third-order valence-corrected chi connectivity index (χ3v) is 3.22. The number of nitrogens with one attached hydrogen (secondary N) is 1. The Morgan fingerprint density at radius 2 is 1.95 bits per heavy atom. The highest BCUT2D eigenvalue weighted by molar-refractivity contribution is 6.30. The van der Waals surface area contributed by atoms with Crippen molar-refractivity contribution in [3.8, 4) is 11.4 Å². The molecule has 0 atom stereocenters. The van der Waals surface area contributed by atoms with Crippen LogP contribution in [0.5, 0.6) is 0 Å². The summed E-state index contributed by atoms with van der Waals surface area (Å²) in [5, 5.41) is 7.21. The zero-order valence-corrected chi connectivity index (χ0v) is 12.2. The van der Waals surface area contributed by atoms with Gasteiger partial charge in [0.25, 0.3) is 5.91 Å². The van der Waals surface area contributed by atoms with Crippen LogP contribution in [-0.2, 0) is 6.54 Å². The van der Waals surface area contributed by atoms with Gasteiger partial charge in [0.05, 0.1) is 6.54 Å². The number of amides is 1. The van der Waals surface area contributed by atoms with Crippen LogP contribution in [0.15, 0.2) is 59.1 Å². The fraction of sp³-hybridized carbons (Fsp3) is 0.0625. The fourth-order valence-corrected chi connectivity index (χ4v) is 2.11. The van der Waals surface area contributed by atoms with E-state index >= 15 is 0 Å². The van der Waals surface area contributed by atoms with E-state index < -0.39 is 0 Å². The number of halogens is 1. The Labute approximate surface area is 131 Å². The third-order valence-electron chi connectivity index (χ3n) is 2.99. The van der Waals surface area contributed by atoms with Crippen LogP contribution in [0.2, 0.25) is 5.02 Å². The summed E-state index contributed by atoms with van der Waals surface area (Å²) in [7, 11) is 0. The van der Waals surface area contributed by atoms with Crippen molar-refractivity contribution in [2.45, 2.75) is 6.54 Å². The van der Waals surface area contributed by atoms with Gasteiger partial charge in [-0.3, -0.25) is 4.79 Å². The summed E-state index contributed by atoms with van der Waals surface area (Å²) in [6, 6.07) is 16.1. The van der Waals surface area contributed by atoms with Crippen LogP contribution in [0.1, 0.15) is 16.2 Å². The SMILES string of the molecule is O=C(NCc1nc(-c2cccc(Cl)c2)no1)c1ccccc1. The molecule has 5 nitrogen and oxygen atoms in total. The molecular weight excluding hydrogens is 302 g/mol. The van der Waals surface area contributed by atoms with Crippen LogP contribution in [-0.4, -0.2) is 16.0 Å². The molecule has 0 aliphatic rings. The molecular formula is C16H12ClN3O2. The minimum absolute atomic E-state index is 0.168. The fourth-order valence-electron chi connectivity index (χ4n) is 1.92. The summed E-state index contributed by atoms with van der Waals surface area (Å²) in [5.74, 6) is 0.578. The molecule has 3 rings (SSSR count). The first-order chi connectivity index (χ1) is 10.7.